The van der Waals surface area contributed by atoms with E-state index in [0.717, 1.165) is 60.8 Å². The highest BCUT2D eigenvalue weighted by molar-refractivity contribution is 5.93. The highest BCUT2D eigenvalue weighted by atomic mass is 16.5. The lowest BCUT2D eigenvalue weighted by atomic mass is 10.0. The van der Waals surface area contributed by atoms with Gasteiger partial charge in [0.2, 0.25) is 0 Å². The number of fused-ring (bicyclic) bond motifs is 1. The fourth-order valence-electron chi connectivity index (χ4n) is 3.89. The van der Waals surface area contributed by atoms with Crippen molar-refractivity contribution in [2.75, 3.05) is 20.3 Å². The molecule has 0 aliphatic carbocycles. The summed E-state index contributed by atoms with van der Waals surface area (Å²) in [6.07, 6.45) is 6.39. The van der Waals surface area contributed by atoms with Crippen LogP contribution in [0.25, 0.3) is 10.8 Å². The predicted molar refractivity (Wildman–Crippen MR) is 127 cm³/mol. The SMILES string of the molecule is CCCc1cc(CCCCCOc2cccc3c(OCC(=O)O)cccc23)ccc1OC. The zero-order chi connectivity index (χ0) is 22.8. The van der Waals surface area contributed by atoms with E-state index in [9.17, 15) is 4.79 Å². The van der Waals surface area contributed by atoms with Gasteiger partial charge in [0.05, 0.1) is 13.7 Å². The van der Waals surface area contributed by atoms with Gasteiger partial charge in [0.15, 0.2) is 6.61 Å². The van der Waals surface area contributed by atoms with Gasteiger partial charge in [-0.2, -0.15) is 0 Å². The molecule has 0 radical (unpaired) electrons. The van der Waals surface area contributed by atoms with Crippen LogP contribution in [0.5, 0.6) is 17.2 Å². The molecular weight excluding hydrogens is 404 g/mol. The Morgan fingerprint density at radius 2 is 1.56 bits per heavy atom. The molecule has 0 amide bonds. The molecule has 0 saturated heterocycles. The van der Waals surface area contributed by atoms with E-state index in [-0.39, 0.29) is 6.61 Å². The Kier molecular flexibility index (Phi) is 8.79. The Morgan fingerprint density at radius 1 is 0.844 bits per heavy atom. The Morgan fingerprint density at radius 3 is 2.22 bits per heavy atom. The van der Waals surface area contributed by atoms with Gasteiger partial charge in [-0.25, -0.2) is 4.79 Å². The minimum Gasteiger partial charge on any atom is -0.496 e. The minimum absolute atomic E-state index is 0.363. The smallest absolute Gasteiger partial charge is 0.341 e. The zero-order valence-corrected chi connectivity index (χ0v) is 18.9. The second-order valence-electron chi connectivity index (χ2n) is 7.85. The molecule has 0 aliphatic heterocycles. The van der Waals surface area contributed by atoms with E-state index in [0.29, 0.717) is 12.4 Å². The number of unbranched alkanes of at least 4 members (excludes halogenated alkanes) is 2. The molecule has 5 nitrogen and oxygen atoms in total. The van der Waals surface area contributed by atoms with Crippen LogP contribution >= 0.6 is 0 Å². The monoisotopic (exact) mass is 436 g/mol. The number of hydrogen-bond acceptors (Lipinski definition) is 4. The Hall–Kier alpha value is -3.21. The lowest BCUT2D eigenvalue weighted by molar-refractivity contribution is -0.139. The van der Waals surface area contributed by atoms with Crippen LogP contribution in [0.4, 0.5) is 0 Å². The summed E-state index contributed by atoms with van der Waals surface area (Å²) in [5, 5.41) is 10.7. The predicted octanol–water partition coefficient (Wildman–Crippen LogP) is 6.06. The van der Waals surface area contributed by atoms with Crippen molar-refractivity contribution in [2.45, 2.75) is 45.4 Å². The molecule has 32 heavy (non-hydrogen) atoms. The first-order valence-corrected chi connectivity index (χ1v) is 11.3. The van der Waals surface area contributed by atoms with E-state index in [4.69, 9.17) is 19.3 Å². The van der Waals surface area contributed by atoms with Gasteiger partial charge in [0.1, 0.15) is 17.2 Å². The molecule has 3 aromatic rings. The van der Waals surface area contributed by atoms with Crippen molar-refractivity contribution in [1.82, 2.24) is 0 Å². The summed E-state index contributed by atoms with van der Waals surface area (Å²) in [4.78, 5) is 10.8. The minimum atomic E-state index is -0.995. The first-order chi connectivity index (χ1) is 15.6. The second-order valence-corrected chi connectivity index (χ2v) is 7.85. The van der Waals surface area contributed by atoms with E-state index in [1.54, 1.807) is 13.2 Å². The number of hydrogen-bond donors (Lipinski definition) is 1. The molecule has 1 N–H and O–H groups in total. The van der Waals surface area contributed by atoms with Crippen molar-refractivity contribution in [1.29, 1.82) is 0 Å². The number of carboxylic acids is 1. The summed E-state index contributed by atoms with van der Waals surface area (Å²) in [5.74, 6) is 1.33. The number of benzene rings is 3. The molecule has 170 valence electrons. The van der Waals surface area contributed by atoms with Gasteiger partial charge in [-0.1, -0.05) is 49.7 Å². The van der Waals surface area contributed by atoms with Crippen LogP contribution in [0, 0.1) is 0 Å². The molecule has 3 aromatic carbocycles. The molecule has 3 rings (SSSR count). The molecule has 0 bridgehead atoms. The lowest BCUT2D eigenvalue weighted by Gasteiger charge is -2.12. The number of carboxylic acid groups (broad SMARTS) is 1. The van der Waals surface area contributed by atoms with Crippen LogP contribution in [0.3, 0.4) is 0 Å². The largest absolute Gasteiger partial charge is 0.496 e. The summed E-state index contributed by atoms with van der Waals surface area (Å²) in [6, 6.07) is 17.9. The van der Waals surface area contributed by atoms with E-state index in [1.165, 1.54) is 11.1 Å². The van der Waals surface area contributed by atoms with Crippen molar-refractivity contribution in [3.8, 4) is 17.2 Å². The summed E-state index contributed by atoms with van der Waals surface area (Å²) < 4.78 is 16.9. The normalized spacial score (nSPS) is 10.8. The van der Waals surface area contributed by atoms with Gasteiger partial charge in [-0.05, 0) is 61.4 Å². The summed E-state index contributed by atoms with van der Waals surface area (Å²) in [5.41, 5.74) is 2.65. The summed E-state index contributed by atoms with van der Waals surface area (Å²) >= 11 is 0. The molecule has 0 saturated carbocycles. The Bertz CT molecular complexity index is 1030. The number of aliphatic carboxylic acids is 1. The highest BCUT2D eigenvalue weighted by Gasteiger charge is 2.08. The Labute approximate surface area is 189 Å². The molecule has 0 aromatic heterocycles. The maximum atomic E-state index is 10.8. The molecular formula is C27H32O5. The average Bonchev–Trinajstić information content (AvgIpc) is 2.80. The van der Waals surface area contributed by atoms with E-state index < -0.39 is 5.97 Å². The molecule has 0 aliphatic rings. The number of methoxy groups -OCH3 is 1. The topological polar surface area (TPSA) is 65.0 Å². The van der Waals surface area contributed by atoms with Gasteiger partial charge in [-0.3, -0.25) is 0 Å². The summed E-state index contributed by atoms with van der Waals surface area (Å²) in [7, 11) is 1.73. The van der Waals surface area contributed by atoms with Crippen molar-refractivity contribution < 1.29 is 24.1 Å². The first kappa shape index (κ1) is 23.5. The van der Waals surface area contributed by atoms with Gasteiger partial charge in [-0.15, -0.1) is 0 Å². The standard InChI is InChI=1S/C27H32O5/c1-3-9-21-18-20(15-16-24(21)30-2)10-5-4-6-17-31-25-13-7-12-23-22(25)11-8-14-26(23)32-19-27(28)29/h7-8,11-16,18H,3-6,9-10,17,19H2,1-2H3,(H,28,29). The molecule has 0 atom stereocenters. The highest BCUT2D eigenvalue weighted by Crippen LogP contribution is 2.32. The van der Waals surface area contributed by atoms with Gasteiger partial charge < -0.3 is 19.3 Å². The van der Waals surface area contributed by atoms with E-state index in [2.05, 4.69) is 25.1 Å². The quantitative estimate of drug-likeness (QED) is 0.330. The van der Waals surface area contributed by atoms with Gasteiger partial charge >= 0.3 is 5.97 Å². The zero-order valence-electron chi connectivity index (χ0n) is 18.9. The van der Waals surface area contributed by atoms with Crippen LogP contribution in [0.2, 0.25) is 0 Å². The third-order valence-corrected chi connectivity index (χ3v) is 5.42. The number of rotatable bonds is 13. The van der Waals surface area contributed by atoms with Crippen LogP contribution in [-0.4, -0.2) is 31.4 Å². The Balaban J connectivity index is 1.49. The number of carbonyl (C=O) groups is 1. The van der Waals surface area contributed by atoms with Crippen molar-refractivity contribution in [2.24, 2.45) is 0 Å². The van der Waals surface area contributed by atoms with Crippen LogP contribution in [0.15, 0.2) is 54.6 Å². The van der Waals surface area contributed by atoms with Crippen LogP contribution < -0.4 is 14.2 Å². The third-order valence-electron chi connectivity index (χ3n) is 5.42. The van der Waals surface area contributed by atoms with Gasteiger partial charge in [0.25, 0.3) is 0 Å². The molecule has 5 heteroatoms. The van der Waals surface area contributed by atoms with Crippen molar-refractivity contribution >= 4 is 16.7 Å². The van der Waals surface area contributed by atoms with Crippen molar-refractivity contribution in [3.63, 3.8) is 0 Å². The van der Waals surface area contributed by atoms with Gasteiger partial charge in [0, 0.05) is 10.8 Å². The van der Waals surface area contributed by atoms with Crippen LogP contribution in [0.1, 0.15) is 43.7 Å². The average molecular weight is 437 g/mol. The maximum Gasteiger partial charge on any atom is 0.341 e. The first-order valence-electron chi connectivity index (χ1n) is 11.3. The van der Waals surface area contributed by atoms with Crippen molar-refractivity contribution in [3.05, 3.63) is 65.7 Å². The maximum absolute atomic E-state index is 10.8. The number of aryl methyl sites for hydroxylation is 2. The third kappa shape index (κ3) is 6.39. The lowest BCUT2D eigenvalue weighted by Crippen LogP contribution is -2.09. The molecule has 0 heterocycles. The fraction of sp³-hybridized carbons (Fsp3) is 0.370. The van der Waals surface area contributed by atoms with E-state index in [1.807, 2.05) is 30.3 Å². The van der Waals surface area contributed by atoms with Crippen LogP contribution in [-0.2, 0) is 17.6 Å². The molecule has 0 spiro atoms. The number of ether oxygens (including phenoxy) is 3. The molecule has 0 fully saturated rings. The molecule has 0 unspecified atom stereocenters. The fourth-order valence-corrected chi connectivity index (χ4v) is 3.89. The van der Waals surface area contributed by atoms with E-state index >= 15 is 0 Å². The summed E-state index contributed by atoms with van der Waals surface area (Å²) in [6.45, 7) is 2.47. The second kappa shape index (κ2) is 12.0.